The lowest BCUT2D eigenvalue weighted by atomic mass is 9.99. The number of hydrogen-bond acceptors (Lipinski definition) is 3. The number of rotatable bonds is 7. The predicted octanol–water partition coefficient (Wildman–Crippen LogP) is 2.33. The monoisotopic (exact) mass is 290 g/mol. The second-order valence-corrected chi connectivity index (χ2v) is 5.81. The molecular weight excluding hydrogens is 264 g/mol. The number of carbonyl (C=O) groups is 1. The van der Waals surface area contributed by atoms with Crippen molar-refractivity contribution in [1.29, 1.82) is 0 Å². The number of amides is 1. The first-order valence-corrected chi connectivity index (χ1v) is 7.97. The van der Waals surface area contributed by atoms with Crippen LogP contribution in [0.3, 0.4) is 0 Å². The van der Waals surface area contributed by atoms with Crippen molar-refractivity contribution in [3.05, 3.63) is 29.8 Å². The van der Waals surface area contributed by atoms with Gasteiger partial charge in [-0.1, -0.05) is 31.5 Å². The minimum atomic E-state index is -0.143. The summed E-state index contributed by atoms with van der Waals surface area (Å²) in [6, 6.07) is 7.85. The third kappa shape index (κ3) is 4.55. The molecule has 0 saturated heterocycles. The first-order chi connectivity index (χ1) is 10.2. The van der Waals surface area contributed by atoms with Crippen molar-refractivity contribution in [3.8, 4) is 0 Å². The number of fused-ring (bicyclic) bond motifs is 1. The van der Waals surface area contributed by atoms with E-state index in [1.165, 1.54) is 5.56 Å². The van der Waals surface area contributed by atoms with Gasteiger partial charge in [-0.3, -0.25) is 4.79 Å². The summed E-state index contributed by atoms with van der Waals surface area (Å²) in [5.74, 6) is 0.498. The molecule has 4 nitrogen and oxygen atoms in total. The zero-order valence-corrected chi connectivity index (χ0v) is 12.8. The van der Waals surface area contributed by atoms with E-state index in [2.05, 4.69) is 23.6 Å². The number of aliphatic hydroxyl groups excluding tert-OH is 1. The highest BCUT2D eigenvalue weighted by Crippen LogP contribution is 2.21. The Bertz CT molecular complexity index is 456. The molecule has 0 bridgehead atoms. The van der Waals surface area contributed by atoms with Gasteiger partial charge in [-0.25, -0.2) is 0 Å². The highest BCUT2D eigenvalue weighted by atomic mass is 16.3. The van der Waals surface area contributed by atoms with Gasteiger partial charge in [0.1, 0.15) is 0 Å². The van der Waals surface area contributed by atoms with Crippen molar-refractivity contribution in [3.63, 3.8) is 0 Å². The molecule has 116 valence electrons. The number of anilines is 1. The topological polar surface area (TPSA) is 61.4 Å². The third-order valence-electron chi connectivity index (χ3n) is 4.18. The van der Waals surface area contributed by atoms with Crippen molar-refractivity contribution in [2.75, 3.05) is 18.5 Å². The Balaban J connectivity index is 1.91. The van der Waals surface area contributed by atoms with Crippen molar-refractivity contribution >= 4 is 11.6 Å². The molecule has 2 unspecified atom stereocenters. The number of nitrogens with one attached hydrogen (secondary N) is 2. The summed E-state index contributed by atoms with van der Waals surface area (Å²) in [5.41, 5.74) is 2.14. The molecule has 1 aliphatic rings. The van der Waals surface area contributed by atoms with Crippen LogP contribution in [0.1, 0.15) is 38.2 Å². The summed E-state index contributed by atoms with van der Waals surface area (Å²) in [5, 5.41) is 15.5. The second kappa shape index (κ2) is 8.15. The van der Waals surface area contributed by atoms with Crippen molar-refractivity contribution in [1.82, 2.24) is 5.32 Å². The van der Waals surface area contributed by atoms with E-state index >= 15 is 0 Å². The molecule has 1 aliphatic heterocycles. The quantitative estimate of drug-likeness (QED) is 0.722. The molecule has 4 heteroatoms. The van der Waals surface area contributed by atoms with E-state index in [0.717, 1.165) is 44.3 Å². The standard InChI is InChI=1S/C17H26N2O2/c1-2-5-13(10-11-20)12-18-16-9-8-14-6-3-4-7-15(14)19-17(16)21/h3-4,6-7,13,16,18,20H,2,5,8-12H2,1H3,(H,19,21). The fraction of sp³-hybridized carbons (Fsp3) is 0.588. The van der Waals surface area contributed by atoms with Gasteiger partial charge in [0, 0.05) is 12.3 Å². The molecule has 2 rings (SSSR count). The maximum atomic E-state index is 12.3. The van der Waals surface area contributed by atoms with Gasteiger partial charge in [0.15, 0.2) is 0 Å². The zero-order valence-electron chi connectivity index (χ0n) is 12.8. The van der Waals surface area contributed by atoms with Crippen LogP contribution < -0.4 is 10.6 Å². The third-order valence-corrected chi connectivity index (χ3v) is 4.18. The molecule has 1 aromatic rings. The fourth-order valence-electron chi connectivity index (χ4n) is 2.95. The lowest BCUT2D eigenvalue weighted by Gasteiger charge is -2.20. The number of carbonyl (C=O) groups excluding carboxylic acids is 1. The molecule has 3 N–H and O–H groups in total. The summed E-state index contributed by atoms with van der Waals surface area (Å²) < 4.78 is 0. The van der Waals surface area contributed by atoms with E-state index in [9.17, 15) is 4.79 Å². The minimum Gasteiger partial charge on any atom is -0.396 e. The summed E-state index contributed by atoms with van der Waals surface area (Å²) >= 11 is 0. The van der Waals surface area contributed by atoms with Crippen molar-refractivity contribution in [2.24, 2.45) is 5.92 Å². The second-order valence-electron chi connectivity index (χ2n) is 5.81. The van der Waals surface area contributed by atoms with Crippen LogP contribution >= 0.6 is 0 Å². The van der Waals surface area contributed by atoms with Gasteiger partial charge in [-0.2, -0.15) is 0 Å². The molecule has 0 aliphatic carbocycles. The lowest BCUT2D eigenvalue weighted by molar-refractivity contribution is -0.118. The van der Waals surface area contributed by atoms with Crippen LogP contribution in [0.2, 0.25) is 0 Å². The molecule has 1 aromatic carbocycles. The average molecular weight is 290 g/mol. The number of benzene rings is 1. The van der Waals surface area contributed by atoms with E-state index in [1.54, 1.807) is 0 Å². The summed E-state index contributed by atoms with van der Waals surface area (Å²) in [7, 11) is 0. The molecule has 1 amide bonds. The summed E-state index contributed by atoms with van der Waals surface area (Å²) in [6.45, 7) is 3.16. The van der Waals surface area contributed by atoms with Gasteiger partial charge >= 0.3 is 0 Å². The molecule has 0 saturated carbocycles. The van der Waals surface area contributed by atoms with Crippen LogP contribution in [0.5, 0.6) is 0 Å². The molecule has 0 radical (unpaired) electrons. The molecular formula is C17H26N2O2. The highest BCUT2D eigenvalue weighted by molar-refractivity contribution is 5.96. The fourth-order valence-corrected chi connectivity index (χ4v) is 2.95. The van der Waals surface area contributed by atoms with Gasteiger partial charge in [0.25, 0.3) is 0 Å². The lowest BCUT2D eigenvalue weighted by Crippen LogP contribution is -2.42. The molecule has 0 fully saturated rings. The molecule has 0 aromatic heterocycles. The molecule has 2 atom stereocenters. The van der Waals surface area contributed by atoms with E-state index in [4.69, 9.17) is 5.11 Å². The van der Waals surface area contributed by atoms with Crippen LogP contribution in [-0.2, 0) is 11.2 Å². The smallest absolute Gasteiger partial charge is 0.241 e. The summed E-state index contributed by atoms with van der Waals surface area (Å²) in [6.07, 6.45) is 4.72. The Labute approximate surface area is 126 Å². The van der Waals surface area contributed by atoms with E-state index in [0.29, 0.717) is 5.92 Å². The Morgan fingerprint density at radius 3 is 2.95 bits per heavy atom. The van der Waals surface area contributed by atoms with Crippen molar-refractivity contribution in [2.45, 2.75) is 45.1 Å². The molecule has 1 heterocycles. The first-order valence-electron chi connectivity index (χ1n) is 7.97. The van der Waals surface area contributed by atoms with E-state index < -0.39 is 0 Å². The number of aryl methyl sites for hydroxylation is 1. The van der Waals surface area contributed by atoms with Gasteiger partial charge in [-0.15, -0.1) is 0 Å². The Kier molecular flexibility index (Phi) is 6.21. The van der Waals surface area contributed by atoms with Crippen molar-refractivity contribution < 1.29 is 9.90 Å². The van der Waals surface area contributed by atoms with Gasteiger partial charge in [0.05, 0.1) is 6.04 Å². The first kappa shape index (κ1) is 16.0. The summed E-state index contributed by atoms with van der Waals surface area (Å²) in [4.78, 5) is 12.3. The van der Waals surface area contributed by atoms with Crippen LogP contribution in [0.15, 0.2) is 24.3 Å². The van der Waals surface area contributed by atoms with Gasteiger partial charge < -0.3 is 15.7 Å². The number of hydrogen-bond donors (Lipinski definition) is 3. The van der Waals surface area contributed by atoms with Crippen LogP contribution in [-0.4, -0.2) is 30.2 Å². The van der Waals surface area contributed by atoms with Crippen LogP contribution in [0, 0.1) is 5.92 Å². The highest BCUT2D eigenvalue weighted by Gasteiger charge is 2.23. The minimum absolute atomic E-state index is 0.0548. The Morgan fingerprint density at radius 1 is 1.38 bits per heavy atom. The largest absolute Gasteiger partial charge is 0.396 e. The molecule has 21 heavy (non-hydrogen) atoms. The maximum Gasteiger partial charge on any atom is 0.241 e. The SMILES string of the molecule is CCCC(CCO)CNC1CCc2ccccc2NC1=O. The predicted molar refractivity (Wildman–Crippen MR) is 85.3 cm³/mol. The number of aliphatic hydroxyl groups is 1. The number of para-hydroxylation sites is 1. The molecule has 0 spiro atoms. The normalized spacial score (nSPS) is 19.5. The van der Waals surface area contributed by atoms with Gasteiger partial charge in [0.2, 0.25) is 5.91 Å². The van der Waals surface area contributed by atoms with E-state index in [-0.39, 0.29) is 18.6 Å². The maximum absolute atomic E-state index is 12.3. The van der Waals surface area contributed by atoms with Crippen LogP contribution in [0.4, 0.5) is 5.69 Å². The Hall–Kier alpha value is -1.39. The Morgan fingerprint density at radius 2 is 2.19 bits per heavy atom. The zero-order chi connectivity index (χ0) is 15.1. The van der Waals surface area contributed by atoms with Gasteiger partial charge in [-0.05, 0) is 49.8 Å². The van der Waals surface area contributed by atoms with Crippen LogP contribution in [0.25, 0.3) is 0 Å². The van der Waals surface area contributed by atoms with E-state index in [1.807, 2.05) is 18.2 Å². The average Bonchev–Trinajstić information content (AvgIpc) is 2.64.